The topological polar surface area (TPSA) is 3.24 Å². The summed E-state index contributed by atoms with van der Waals surface area (Å²) in [6.45, 7) is 9.28. The molecule has 1 heteroatoms. The molecule has 0 saturated heterocycles. The summed E-state index contributed by atoms with van der Waals surface area (Å²) in [7, 11) is 2.29. The Labute approximate surface area is 83.5 Å². The molecule has 0 heterocycles. The smallest absolute Gasteiger partial charge is 0.0126 e. The van der Waals surface area contributed by atoms with Crippen LogP contribution in [-0.2, 0) is 0 Å². The molecule has 1 rings (SSSR count). The second-order valence-corrected chi connectivity index (χ2v) is 5.29. The first-order valence-electron chi connectivity index (χ1n) is 5.74. The van der Waals surface area contributed by atoms with E-state index in [-0.39, 0.29) is 0 Å². The standard InChI is InChI=1S/C12H25N/c1-9(2)8-12(11-6-7-11)13(5)10(3)4/h9-12H,6-8H2,1-5H3/t12-/m1/s1. The van der Waals surface area contributed by atoms with Gasteiger partial charge in [-0.1, -0.05) is 13.8 Å². The van der Waals surface area contributed by atoms with E-state index >= 15 is 0 Å². The van der Waals surface area contributed by atoms with Crippen molar-refractivity contribution in [3.05, 3.63) is 0 Å². The Morgan fingerprint density at radius 1 is 1.15 bits per heavy atom. The normalized spacial score (nSPS) is 20.3. The molecule has 0 amide bonds. The van der Waals surface area contributed by atoms with Crippen molar-refractivity contribution in [2.24, 2.45) is 11.8 Å². The SMILES string of the molecule is CC(C)C[C@H](C1CC1)N(C)C(C)C. The highest BCUT2D eigenvalue weighted by atomic mass is 15.2. The zero-order valence-electron chi connectivity index (χ0n) is 9.88. The monoisotopic (exact) mass is 183 g/mol. The molecular weight excluding hydrogens is 158 g/mol. The largest absolute Gasteiger partial charge is 0.301 e. The Morgan fingerprint density at radius 3 is 2.00 bits per heavy atom. The summed E-state index contributed by atoms with van der Waals surface area (Å²) in [5, 5.41) is 0. The van der Waals surface area contributed by atoms with Crippen LogP contribution in [0.3, 0.4) is 0 Å². The maximum atomic E-state index is 2.57. The number of hydrogen-bond donors (Lipinski definition) is 0. The third kappa shape index (κ3) is 3.30. The molecule has 0 aliphatic heterocycles. The predicted octanol–water partition coefficient (Wildman–Crippen LogP) is 3.15. The van der Waals surface area contributed by atoms with E-state index in [2.05, 4.69) is 39.6 Å². The quantitative estimate of drug-likeness (QED) is 0.633. The van der Waals surface area contributed by atoms with Gasteiger partial charge < -0.3 is 4.90 Å². The van der Waals surface area contributed by atoms with Crippen LogP contribution >= 0.6 is 0 Å². The maximum Gasteiger partial charge on any atom is 0.0126 e. The van der Waals surface area contributed by atoms with Gasteiger partial charge in [0, 0.05) is 12.1 Å². The van der Waals surface area contributed by atoms with E-state index in [1.807, 2.05) is 0 Å². The van der Waals surface area contributed by atoms with Gasteiger partial charge in [-0.2, -0.15) is 0 Å². The molecule has 1 atom stereocenters. The second kappa shape index (κ2) is 4.45. The Balaban J connectivity index is 2.45. The fourth-order valence-corrected chi connectivity index (χ4v) is 2.04. The lowest BCUT2D eigenvalue weighted by atomic mass is 9.98. The Kier molecular flexibility index (Phi) is 3.78. The molecule has 0 spiro atoms. The van der Waals surface area contributed by atoms with Gasteiger partial charge in [0.05, 0.1) is 0 Å². The number of nitrogens with zero attached hydrogens (tertiary/aromatic N) is 1. The molecule has 78 valence electrons. The third-order valence-corrected chi connectivity index (χ3v) is 3.22. The van der Waals surface area contributed by atoms with Crippen molar-refractivity contribution >= 4 is 0 Å². The average Bonchev–Trinajstić information content (AvgIpc) is 2.80. The van der Waals surface area contributed by atoms with Gasteiger partial charge in [-0.3, -0.25) is 0 Å². The fraction of sp³-hybridized carbons (Fsp3) is 1.00. The van der Waals surface area contributed by atoms with Gasteiger partial charge >= 0.3 is 0 Å². The van der Waals surface area contributed by atoms with Crippen LogP contribution in [0.2, 0.25) is 0 Å². The van der Waals surface area contributed by atoms with E-state index in [1.165, 1.54) is 19.3 Å². The maximum absolute atomic E-state index is 2.57. The van der Waals surface area contributed by atoms with Gasteiger partial charge in [0.15, 0.2) is 0 Å². The Bertz CT molecular complexity index is 147. The summed E-state index contributed by atoms with van der Waals surface area (Å²) in [4.78, 5) is 2.57. The molecule has 0 radical (unpaired) electrons. The van der Waals surface area contributed by atoms with Crippen molar-refractivity contribution in [3.63, 3.8) is 0 Å². The van der Waals surface area contributed by atoms with E-state index in [0.717, 1.165) is 17.9 Å². The Hall–Kier alpha value is -0.0400. The van der Waals surface area contributed by atoms with Crippen LogP contribution < -0.4 is 0 Å². The fourth-order valence-electron chi connectivity index (χ4n) is 2.04. The molecule has 0 bridgehead atoms. The highest BCUT2D eigenvalue weighted by Gasteiger charge is 2.34. The average molecular weight is 183 g/mol. The van der Waals surface area contributed by atoms with Gasteiger partial charge in [0.1, 0.15) is 0 Å². The first-order chi connectivity index (χ1) is 6.02. The minimum absolute atomic E-state index is 0.698. The van der Waals surface area contributed by atoms with Crippen molar-refractivity contribution in [2.45, 2.75) is 59.0 Å². The predicted molar refractivity (Wildman–Crippen MR) is 58.9 cm³/mol. The van der Waals surface area contributed by atoms with Crippen LogP contribution in [0.25, 0.3) is 0 Å². The summed E-state index contributed by atoms with van der Waals surface area (Å²) < 4.78 is 0. The molecule has 0 aromatic carbocycles. The van der Waals surface area contributed by atoms with Crippen molar-refractivity contribution in [1.82, 2.24) is 4.90 Å². The van der Waals surface area contributed by atoms with E-state index in [0.29, 0.717) is 6.04 Å². The van der Waals surface area contributed by atoms with Crippen LogP contribution in [0.4, 0.5) is 0 Å². The van der Waals surface area contributed by atoms with Crippen LogP contribution in [0, 0.1) is 11.8 Å². The minimum atomic E-state index is 0.698. The van der Waals surface area contributed by atoms with Crippen molar-refractivity contribution in [2.75, 3.05) is 7.05 Å². The Morgan fingerprint density at radius 2 is 1.69 bits per heavy atom. The van der Waals surface area contributed by atoms with Gasteiger partial charge in [0.25, 0.3) is 0 Å². The molecule has 0 unspecified atom stereocenters. The first-order valence-corrected chi connectivity index (χ1v) is 5.74. The second-order valence-electron chi connectivity index (χ2n) is 5.29. The highest BCUT2D eigenvalue weighted by molar-refractivity contribution is 4.88. The first kappa shape index (κ1) is 11.0. The molecule has 1 aliphatic rings. The van der Waals surface area contributed by atoms with Crippen molar-refractivity contribution in [1.29, 1.82) is 0 Å². The van der Waals surface area contributed by atoms with Crippen LogP contribution in [0.15, 0.2) is 0 Å². The lowest BCUT2D eigenvalue weighted by molar-refractivity contribution is 0.153. The van der Waals surface area contributed by atoms with Crippen LogP contribution in [0.5, 0.6) is 0 Å². The highest BCUT2D eigenvalue weighted by Crippen LogP contribution is 2.38. The summed E-state index contributed by atoms with van der Waals surface area (Å²) in [5.41, 5.74) is 0. The van der Waals surface area contributed by atoms with E-state index < -0.39 is 0 Å². The number of rotatable bonds is 5. The minimum Gasteiger partial charge on any atom is -0.301 e. The van der Waals surface area contributed by atoms with Crippen molar-refractivity contribution < 1.29 is 0 Å². The van der Waals surface area contributed by atoms with E-state index in [4.69, 9.17) is 0 Å². The molecule has 1 saturated carbocycles. The van der Waals surface area contributed by atoms with Crippen LogP contribution in [0.1, 0.15) is 47.0 Å². The van der Waals surface area contributed by atoms with Gasteiger partial charge in [-0.25, -0.2) is 0 Å². The zero-order valence-corrected chi connectivity index (χ0v) is 9.88. The molecular formula is C12H25N. The summed E-state index contributed by atoms with van der Waals surface area (Å²) in [6, 6.07) is 1.55. The lowest BCUT2D eigenvalue weighted by Crippen LogP contribution is -2.39. The van der Waals surface area contributed by atoms with E-state index in [1.54, 1.807) is 0 Å². The zero-order chi connectivity index (χ0) is 10.0. The lowest BCUT2D eigenvalue weighted by Gasteiger charge is -2.32. The molecule has 0 N–H and O–H groups in total. The molecule has 0 aromatic rings. The summed E-state index contributed by atoms with van der Waals surface area (Å²) in [6.07, 6.45) is 4.31. The summed E-state index contributed by atoms with van der Waals surface area (Å²) in [5.74, 6) is 1.85. The molecule has 13 heavy (non-hydrogen) atoms. The van der Waals surface area contributed by atoms with E-state index in [9.17, 15) is 0 Å². The third-order valence-electron chi connectivity index (χ3n) is 3.22. The molecule has 1 nitrogen and oxygen atoms in total. The molecule has 1 fully saturated rings. The van der Waals surface area contributed by atoms with Gasteiger partial charge in [-0.15, -0.1) is 0 Å². The molecule has 0 aromatic heterocycles. The number of hydrogen-bond acceptors (Lipinski definition) is 1. The van der Waals surface area contributed by atoms with Gasteiger partial charge in [-0.05, 0) is 52.0 Å². The van der Waals surface area contributed by atoms with Crippen molar-refractivity contribution in [3.8, 4) is 0 Å². The van der Waals surface area contributed by atoms with Crippen LogP contribution in [-0.4, -0.2) is 24.0 Å². The molecule has 1 aliphatic carbocycles. The summed E-state index contributed by atoms with van der Waals surface area (Å²) >= 11 is 0. The van der Waals surface area contributed by atoms with Gasteiger partial charge in [0.2, 0.25) is 0 Å².